The number of piperidine rings is 1. The second kappa shape index (κ2) is 7.40. The number of likely N-dealkylation sites (tertiary alicyclic amines) is 1. The highest BCUT2D eigenvalue weighted by Crippen LogP contribution is 2.32. The van der Waals surface area contributed by atoms with E-state index in [0.29, 0.717) is 12.1 Å². The first-order chi connectivity index (χ1) is 9.73. The lowest BCUT2D eigenvalue weighted by atomic mass is 9.79. The van der Waals surface area contributed by atoms with Crippen LogP contribution in [0.4, 0.5) is 0 Å². The highest BCUT2D eigenvalue weighted by Gasteiger charge is 2.39. The van der Waals surface area contributed by atoms with Crippen LogP contribution in [0, 0.1) is 11.3 Å². The Morgan fingerprint density at radius 2 is 2.20 bits per heavy atom. The molecule has 114 valence electrons. The number of nitriles is 1. The largest absolute Gasteiger partial charge is 0.377 e. The number of ether oxygens (including phenoxy) is 1. The Kier molecular flexibility index (Phi) is 5.83. The second-order valence-corrected chi connectivity index (χ2v) is 6.19. The fourth-order valence-electron chi connectivity index (χ4n) is 3.87. The molecule has 2 rings (SSSR count). The maximum atomic E-state index is 9.57. The van der Waals surface area contributed by atoms with Gasteiger partial charge in [0.15, 0.2) is 0 Å². The van der Waals surface area contributed by atoms with Gasteiger partial charge in [-0.25, -0.2) is 0 Å². The number of rotatable bonds is 5. The molecule has 0 amide bonds. The van der Waals surface area contributed by atoms with Gasteiger partial charge in [-0.1, -0.05) is 6.92 Å². The van der Waals surface area contributed by atoms with E-state index in [1.54, 1.807) is 0 Å². The summed E-state index contributed by atoms with van der Waals surface area (Å²) >= 11 is 0. The molecular formula is C16H29N3O. The lowest BCUT2D eigenvalue weighted by Crippen LogP contribution is -2.55. The van der Waals surface area contributed by atoms with Crippen LogP contribution in [-0.2, 0) is 4.74 Å². The molecule has 1 heterocycles. The third kappa shape index (κ3) is 3.72. The van der Waals surface area contributed by atoms with E-state index >= 15 is 0 Å². The van der Waals surface area contributed by atoms with E-state index in [1.807, 2.05) is 0 Å². The number of hydrogen-bond donors (Lipinski definition) is 1. The Bertz CT molecular complexity index is 335. The van der Waals surface area contributed by atoms with Gasteiger partial charge in [0, 0.05) is 19.2 Å². The molecule has 0 bridgehead atoms. The smallest absolute Gasteiger partial charge is 0.108 e. The molecular weight excluding hydrogens is 250 g/mol. The van der Waals surface area contributed by atoms with Gasteiger partial charge in [0.1, 0.15) is 5.54 Å². The Balaban J connectivity index is 1.96. The second-order valence-electron chi connectivity index (χ2n) is 6.19. The molecule has 1 aliphatic carbocycles. The van der Waals surface area contributed by atoms with E-state index in [2.05, 4.69) is 30.1 Å². The Morgan fingerprint density at radius 3 is 2.90 bits per heavy atom. The number of hydrogen-bond acceptors (Lipinski definition) is 4. The lowest BCUT2D eigenvalue weighted by Gasteiger charge is -2.44. The molecule has 4 nitrogen and oxygen atoms in total. The standard InChI is InChI=1S/C16H29N3O/c1-3-18-16(13-17)9-5-7-14(11-16)19-10-6-8-15(12-19)20-4-2/h14-15,18H,3-12H2,1-2H3. The normalized spacial score (nSPS) is 35.6. The molecule has 4 heteroatoms. The van der Waals surface area contributed by atoms with Crippen molar-refractivity contribution < 1.29 is 4.74 Å². The average Bonchev–Trinajstić information content (AvgIpc) is 2.48. The van der Waals surface area contributed by atoms with Crippen LogP contribution in [0.15, 0.2) is 0 Å². The SMILES string of the molecule is CCNC1(C#N)CCCC(N2CCCC(OCC)C2)C1. The van der Waals surface area contributed by atoms with E-state index in [-0.39, 0.29) is 5.54 Å². The molecule has 0 aromatic carbocycles. The van der Waals surface area contributed by atoms with E-state index < -0.39 is 0 Å². The van der Waals surface area contributed by atoms with Crippen LogP contribution in [0.25, 0.3) is 0 Å². The van der Waals surface area contributed by atoms with Gasteiger partial charge in [-0.2, -0.15) is 5.26 Å². The van der Waals surface area contributed by atoms with Crippen LogP contribution in [0.5, 0.6) is 0 Å². The summed E-state index contributed by atoms with van der Waals surface area (Å²) in [5.74, 6) is 0. The summed E-state index contributed by atoms with van der Waals surface area (Å²) in [5.41, 5.74) is -0.295. The van der Waals surface area contributed by atoms with Crippen molar-refractivity contribution >= 4 is 0 Å². The van der Waals surface area contributed by atoms with E-state index in [4.69, 9.17) is 4.74 Å². The molecule has 0 spiro atoms. The first-order valence-electron chi connectivity index (χ1n) is 8.25. The van der Waals surface area contributed by atoms with Crippen molar-refractivity contribution in [1.29, 1.82) is 5.26 Å². The van der Waals surface area contributed by atoms with E-state index in [0.717, 1.165) is 39.0 Å². The Labute approximate surface area is 123 Å². The van der Waals surface area contributed by atoms with Gasteiger partial charge in [-0.3, -0.25) is 10.2 Å². The summed E-state index contributed by atoms with van der Waals surface area (Å²) in [6.07, 6.45) is 7.16. The average molecular weight is 279 g/mol. The summed E-state index contributed by atoms with van der Waals surface area (Å²) in [6.45, 7) is 8.07. The third-order valence-corrected chi connectivity index (χ3v) is 4.78. The minimum absolute atomic E-state index is 0.295. The first-order valence-corrected chi connectivity index (χ1v) is 8.25. The fraction of sp³-hybridized carbons (Fsp3) is 0.938. The zero-order chi connectivity index (χ0) is 14.4. The molecule has 0 aromatic rings. The molecule has 1 N–H and O–H groups in total. The van der Waals surface area contributed by atoms with Crippen molar-refractivity contribution in [2.45, 2.75) is 70.1 Å². The molecule has 0 aromatic heterocycles. The van der Waals surface area contributed by atoms with Crippen molar-refractivity contribution in [2.24, 2.45) is 0 Å². The van der Waals surface area contributed by atoms with Crippen LogP contribution in [0.1, 0.15) is 52.4 Å². The quantitative estimate of drug-likeness (QED) is 0.839. The molecule has 3 unspecified atom stereocenters. The number of nitrogens with one attached hydrogen (secondary N) is 1. The minimum Gasteiger partial charge on any atom is -0.377 e. The van der Waals surface area contributed by atoms with Crippen molar-refractivity contribution in [3.8, 4) is 6.07 Å². The van der Waals surface area contributed by atoms with Gasteiger partial charge in [-0.05, 0) is 58.5 Å². The molecule has 1 saturated carbocycles. The Hall–Kier alpha value is -0.630. The molecule has 1 saturated heterocycles. The van der Waals surface area contributed by atoms with E-state index in [1.165, 1.54) is 25.8 Å². The predicted molar refractivity (Wildman–Crippen MR) is 80.5 cm³/mol. The van der Waals surface area contributed by atoms with Crippen LogP contribution in [-0.4, -0.2) is 48.8 Å². The molecule has 20 heavy (non-hydrogen) atoms. The summed E-state index contributed by atoms with van der Waals surface area (Å²) in [4.78, 5) is 2.58. The first kappa shape index (κ1) is 15.8. The third-order valence-electron chi connectivity index (χ3n) is 4.78. The summed E-state index contributed by atoms with van der Waals surface area (Å²) in [6, 6.07) is 3.10. The maximum Gasteiger partial charge on any atom is 0.108 e. The topological polar surface area (TPSA) is 48.3 Å². The van der Waals surface area contributed by atoms with Crippen LogP contribution < -0.4 is 5.32 Å². The number of nitrogens with zero attached hydrogens (tertiary/aromatic N) is 2. The molecule has 2 fully saturated rings. The Morgan fingerprint density at radius 1 is 1.35 bits per heavy atom. The molecule has 1 aliphatic heterocycles. The minimum atomic E-state index is -0.295. The predicted octanol–water partition coefficient (Wildman–Crippen LogP) is 2.30. The van der Waals surface area contributed by atoms with Gasteiger partial charge in [0.25, 0.3) is 0 Å². The lowest BCUT2D eigenvalue weighted by molar-refractivity contribution is -0.0168. The van der Waals surface area contributed by atoms with Crippen LogP contribution in [0.2, 0.25) is 0 Å². The van der Waals surface area contributed by atoms with Crippen molar-refractivity contribution in [1.82, 2.24) is 10.2 Å². The van der Waals surface area contributed by atoms with Crippen molar-refractivity contribution in [3.63, 3.8) is 0 Å². The van der Waals surface area contributed by atoms with Gasteiger partial charge >= 0.3 is 0 Å². The maximum absolute atomic E-state index is 9.57. The molecule has 0 radical (unpaired) electrons. The molecule has 2 aliphatic rings. The van der Waals surface area contributed by atoms with Gasteiger partial charge < -0.3 is 4.74 Å². The van der Waals surface area contributed by atoms with Gasteiger partial charge in [0.2, 0.25) is 0 Å². The molecule has 3 atom stereocenters. The highest BCUT2D eigenvalue weighted by atomic mass is 16.5. The summed E-state index contributed by atoms with van der Waals surface area (Å²) in [7, 11) is 0. The zero-order valence-corrected chi connectivity index (χ0v) is 13.0. The van der Waals surface area contributed by atoms with Gasteiger partial charge in [0.05, 0.1) is 12.2 Å². The van der Waals surface area contributed by atoms with Crippen molar-refractivity contribution in [2.75, 3.05) is 26.2 Å². The van der Waals surface area contributed by atoms with Gasteiger partial charge in [-0.15, -0.1) is 0 Å². The summed E-state index contributed by atoms with van der Waals surface area (Å²) in [5, 5.41) is 13.0. The summed E-state index contributed by atoms with van der Waals surface area (Å²) < 4.78 is 5.81. The zero-order valence-electron chi connectivity index (χ0n) is 13.0. The monoisotopic (exact) mass is 279 g/mol. The van der Waals surface area contributed by atoms with Crippen LogP contribution >= 0.6 is 0 Å². The highest BCUT2D eigenvalue weighted by molar-refractivity contribution is 5.11. The fourth-order valence-corrected chi connectivity index (χ4v) is 3.87. The van der Waals surface area contributed by atoms with E-state index in [9.17, 15) is 5.26 Å². The van der Waals surface area contributed by atoms with Crippen LogP contribution in [0.3, 0.4) is 0 Å². The van der Waals surface area contributed by atoms with Crippen molar-refractivity contribution in [3.05, 3.63) is 0 Å².